The van der Waals surface area contributed by atoms with Crippen LogP contribution in [0.4, 0.5) is 0 Å². The van der Waals surface area contributed by atoms with Gasteiger partial charge in [0.1, 0.15) is 6.54 Å². The van der Waals surface area contributed by atoms with Gasteiger partial charge < -0.3 is 15.5 Å². The Hall–Kier alpha value is -1.66. The molecule has 0 aromatic carbocycles. The topological polar surface area (TPSA) is 79.5 Å². The number of amides is 2. The van der Waals surface area contributed by atoms with Crippen molar-refractivity contribution in [3.8, 4) is 0 Å². The monoisotopic (exact) mass is 310 g/mol. The fraction of sp³-hybridized carbons (Fsp3) is 0.500. The van der Waals surface area contributed by atoms with Gasteiger partial charge in [-0.3, -0.25) is 14.6 Å². The third-order valence-corrected chi connectivity index (χ3v) is 3.80. The summed E-state index contributed by atoms with van der Waals surface area (Å²) < 4.78 is 0. The fourth-order valence-corrected chi connectivity index (χ4v) is 2.54. The molecule has 2 N–H and O–H groups in total. The van der Waals surface area contributed by atoms with E-state index >= 15 is 0 Å². The summed E-state index contributed by atoms with van der Waals surface area (Å²) in [6, 6.07) is 3.78. The van der Waals surface area contributed by atoms with E-state index < -0.39 is 0 Å². The number of nitrogens with zero attached hydrogens (tertiary/aromatic N) is 3. The molecule has 1 aliphatic heterocycles. The Bertz CT molecular complexity index is 548. The highest BCUT2D eigenvalue weighted by molar-refractivity contribution is 5.97. The molecule has 0 atom stereocenters. The minimum Gasteiger partial charge on any atom is -0.336 e. The van der Waals surface area contributed by atoms with Crippen molar-refractivity contribution in [1.29, 1.82) is 0 Å². The van der Waals surface area contributed by atoms with Crippen molar-refractivity contribution in [3.63, 3.8) is 0 Å². The van der Waals surface area contributed by atoms with Gasteiger partial charge in [0.25, 0.3) is 5.91 Å². The molecule has 1 saturated carbocycles. The first kappa shape index (κ1) is 15.7. The lowest BCUT2D eigenvalue weighted by Crippen LogP contribution is -2.52. The average Bonchev–Trinajstić information content (AvgIpc) is 3.31. The van der Waals surface area contributed by atoms with Crippen LogP contribution >= 0.6 is 12.4 Å². The van der Waals surface area contributed by atoms with E-state index in [1.807, 2.05) is 4.90 Å². The number of aromatic nitrogens is 1. The average molecular weight is 311 g/mol. The van der Waals surface area contributed by atoms with E-state index in [1.165, 1.54) is 0 Å². The largest absolute Gasteiger partial charge is 0.336 e. The molecule has 1 aromatic heterocycles. The first-order chi connectivity index (χ1) is 9.69. The van der Waals surface area contributed by atoms with Gasteiger partial charge in [-0.25, -0.2) is 0 Å². The number of hydrogen-bond acceptors (Lipinski definition) is 4. The summed E-state index contributed by atoms with van der Waals surface area (Å²) in [5.74, 6) is -0.0638. The summed E-state index contributed by atoms with van der Waals surface area (Å²) in [5.41, 5.74) is 6.76. The standard InChI is InChI=1S/C14H18N4O2.ClH/c15-8-11-7-10(3-4-16-11)14(20)17-5-6-18(12-1-2-12)13(19)9-17;/h3-4,7,12H,1-2,5-6,8-9,15H2;1H. The van der Waals surface area contributed by atoms with Gasteiger partial charge >= 0.3 is 0 Å². The van der Waals surface area contributed by atoms with Crippen molar-refractivity contribution < 1.29 is 9.59 Å². The Morgan fingerprint density at radius 1 is 1.38 bits per heavy atom. The van der Waals surface area contributed by atoms with Crippen molar-refractivity contribution in [2.24, 2.45) is 5.73 Å². The maximum Gasteiger partial charge on any atom is 0.254 e. The Morgan fingerprint density at radius 2 is 2.14 bits per heavy atom. The van der Waals surface area contributed by atoms with Crippen LogP contribution in [0.3, 0.4) is 0 Å². The molecule has 2 amide bonds. The van der Waals surface area contributed by atoms with Crippen molar-refractivity contribution in [2.45, 2.75) is 25.4 Å². The van der Waals surface area contributed by atoms with E-state index in [0.717, 1.165) is 12.8 Å². The molecular weight excluding hydrogens is 292 g/mol. The number of hydrogen-bond donors (Lipinski definition) is 1. The minimum atomic E-state index is -0.120. The smallest absolute Gasteiger partial charge is 0.254 e. The second-order valence-corrected chi connectivity index (χ2v) is 5.28. The molecule has 0 bridgehead atoms. The molecule has 1 saturated heterocycles. The molecule has 21 heavy (non-hydrogen) atoms. The maximum atomic E-state index is 12.4. The normalized spacial score (nSPS) is 18.4. The molecule has 2 fully saturated rings. The predicted octanol–water partition coefficient (Wildman–Crippen LogP) is 0.409. The molecule has 114 valence electrons. The second kappa shape index (κ2) is 6.41. The lowest BCUT2D eigenvalue weighted by molar-refractivity contribution is -0.135. The van der Waals surface area contributed by atoms with Gasteiger partial charge in [-0.15, -0.1) is 12.4 Å². The first-order valence-electron chi connectivity index (χ1n) is 6.93. The molecule has 0 spiro atoms. The quantitative estimate of drug-likeness (QED) is 0.877. The molecule has 1 aliphatic carbocycles. The van der Waals surface area contributed by atoms with E-state index in [9.17, 15) is 9.59 Å². The highest BCUT2D eigenvalue weighted by Crippen LogP contribution is 2.28. The number of pyridine rings is 1. The van der Waals surface area contributed by atoms with Crippen LogP contribution in [0.1, 0.15) is 28.9 Å². The van der Waals surface area contributed by atoms with Crippen LogP contribution < -0.4 is 5.73 Å². The zero-order valence-corrected chi connectivity index (χ0v) is 12.5. The predicted molar refractivity (Wildman–Crippen MR) is 80.0 cm³/mol. The number of piperazine rings is 1. The van der Waals surface area contributed by atoms with Gasteiger partial charge in [0, 0.05) is 37.4 Å². The van der Waals surface area contributed by atoms with Gasteiger partial charge in [-0.05, 0) is 25.0 Å². The minimum absolute atomic E-state index is 0. The summed E-state index contributed by atoms with van der Waals surface area (Å²) >= 11 is 0. The molecule has 0 radical (unpaired) electrons. The highest BCUT2D eigenvalue weighted by Gasteiger charge is 2.36. The number of rotatable bonds is 3. The van der Waals surface area contributed by atoms with Crippen molar-refractivity contribution in [2.75, 3.05) is 19.6 Å². The molecule has 0 unspecified atom stereocenters. The van der Waals surface area contributed by atoms with Crippen LogP contribution in [0.5, 0.6) is 0 Å². The van der Waals surface area contributed by atoms with Gasteiger partial charge in [-0.2, -0.15) is 0 Å². The second-order valence-electron chi connectivity index (χ2n) is 5.28. The third-order valence-electron chi connectivity index (χ3n) is 3.80. The van der Waals surface area contributed by atoms with Gasteiger partial charge in [0.15, 0.2) is 0 Å². The summed E-state index contributed by atoms with van der Waals surface area (Å²) in [4.78, 5) is 32.0. The first-order valence-corrected chi connectivity index (χ1v) is 6.93. The van der Waals surface area contributed by atoms with Crippen LogP contribution in [0.15, 0.2) is 18.3 Å². The Kier molecular flexibility index (Phi) is 4.80. The number of nitrogens with two attached hydrogens (primary N) is 1. The van der Waals surface area contributed by atoms with Crippen LogP contribution in [-0.2, 0) is 11.3 Å². The zero-order valence-electron chi connectivity index (χ0n) is 11.7. The van der Waals surface area contributed by atoms with E-state index in [1.54, 1.807) is 23.2 Å². The van der Waals surface area contributed by atoms with E-state index in [0.29, 0.717) is 36.9 Å². The molecule has 6 nitrogen and oxygen atoms in total. The summed E-state index contributed by atoms with van der Waals surface area (Å²) in [5, 5.41) is 0. The van der Waals surface area contributed by atoms with Gasteiger partial charge in [0.05, 0.1) is 5.69 Å². The fourth-order valence-electron chi connectivity index (χ4n) is 2.54. The maximum absolute atomic E-state index is 12.4. The SMILES string of the molecule is Cl.NCc1cc(C(=O)N2CCN(C3CC3)C(=O)C2)ccn1. The summed E-state index contributed by atoms with van der Waals surface area (Å²) in [7, 11) is 0. The van der Waals surface area contributed by atoms with Crippen molar-refractivity contribution in [3.05, 3.63) is 29.6 Å². The molecular formula is C14H19ClN4O2. The Labute approximate surface area is 129 Å². The van der Waals surface area contributed by atoms with Crippen molar-refractivity contribution >= 4 is 24.2 Å². The van der Waals surface area contributed by atoms with E-state index in [-0.39, 0.29) is 30.8 Å². The highest BCUT2D eigenvalue weighted by atomic mass is 35.5. The van der Waals surface area contributed by atoms with Crippen LogP contribution in [-0.4, -0.2) is 52.3 Å². The van der Waals surface area contributed by atoms with Crippen molar-refractivity contribution in [1.82, 2.24) is 14.8 Å². The Balaban J connectivity index is 0.00000161. The molecule has 2 aliphatic rings. The molecule has 3 rings (SSSR count). The van der Waals surface area contributed by atoms with Crippen LogP contribution in [0.2, 0.25) is 0 Å². The molecule has 7 heteroatoms. The number of halogens is 1. The third kappa shape index (κ3) is 3.33. The van der Waals surface area contributed by atoms with Crippen LogP contribution in [0, 0.1) is 0 Å². The Morgan fingerprint density at radius 3 is 2.76 bits per heavy atom. The van der Waals surface area contributed by atoms with Gasteiger partial charge in [-0.1, -0.05) is 0 Å². The zero-order chi connectivity index (χ0) is 14.1. The molecule has 1 aromatic rings. The molecule has 2 heterocycles. The number of carbonyl (C=O) groups is 2. The summed E-state index contributed by atoms with van der Waals surface area (Å²) in [6.45, 7) is 1.72. The lowest BCUT2D eigenvalue weighted by atomic mass is 10.2. The van der Waals surface area contributed by atoms with Gasteiger partial charge in [0.2, 0.25) is 5.91 Å². The van der Waals surface area contributed by atoms with E-state index in [4.69, 9.17) is 5.73 Å². The van der Waals surface area contributed by atoms with E-state index in [2.05, 4.69) is 4.98 Å². The van der Waals surface area contributed by atoms with Crippen LogP contribution in [0.25, 0.3) is 0 Å². The lowest BCUT2D eigenvalue weighted by Gasteiger charge is -2.34. The summed E-state index contributed by atoms with van der Waals surface area (Å²) in [6.07, 6.45) is 3.78. The number of carbonyl (C=O) groups excluding carboxylic acids is 2.